The molecule has 0 bridgehead atoms. The second kappa shape index (κ2) is 6.48. The molecule has 0 atom stereocenters. The number of rotatable bonds is 6. The van der Waals surface area contributed by atoms with Crippen LogP contribution >= 0.6 is 11.3 Å². The molecule has 3 N–H and O–H groups in total. The summed E-state index contributed by atoms with van der Waals surface area (Å²) < 4.78 is 5.67. The molecular formula is C15H20N2OS. The normalized spacial score (nSPS) is 10.7. The third kappa shape index (κ3) is 3.89. The summed E-state index contributed by atoms with van der Waals surface area (Å²) in [6.07, 6.45) is 1.13. The average molecular weight is 276 g/mol. The number of benzene rings is 1. The Morgan fingerprint density at radius 1 is 1.26 bits per heavy atom. The van der Waals surface area contributed by atoms with Crippen LogP contribution in [0.5, 0.6) is 5.75 Å². The number of ether oxygens (including phenoxy) is 1. The second-order valence-electron chi connectivity index (χ2n) is 4.64. The Bertz CT molecular complexity index is 509. The number of thiophene rings is 1. The fourth-order valence-corrected chi connectivity index (χ4v) is 2.54. The number of hydrogen-bond donors (Lipinski definition) is 2. The van der Waals surface area contributed by atoms with E-state index in [1.165, 1.54) is 4.88 Å². The van der Waals surface area contributed by atoms with Crippen molar-refractivity contribution in [3.63, 3.8) is 0 Å². The van der Waals surface area contributed by atoms with Crippen LogP contribution < -0.4 is 15.8 Å². The van der Waals surface area contributed by atoms with Crippen molar-refractivity contribution in [2.45, 2.75) is 26.4 Å². The van der Waals surface area contributed by atoms with E-state index in [2.05, 4.69) is 22.8 Å². The van der Waals surface area contributed by atoms with Crippen LogP contribution in [0.2, 0.25) is 0 Å². The van der Waals surface area contributed by atoms with E-state index in [1.54, 1.807) is 11.3 Å². The lowest BCUT2D eigenvalue weighted by molar-refractivity contribution is 0.244. The summed E-state index contributed by atoms with van der Waals surface area (Å²) in [6, 6.07) is 10.1. The zero-order valence-electron chi connectivity index (χ0n) is 11.3. The van der Waals surface area contributed by atoms with E-state index in [4.69, 9.17) is 10.5 Å². The molecule has 0 fully saturated rings. The van der Waals surface area contributed by atoms with Crippen molar-refractivity contribution in [1.29, 1.82) is 0 Å². The average Bonchev–Trinajstić information content (AvgIpc) is 2.86. The van der Waals surface area contributed by atoms with Crippen molar-refractivity contribution in [2.75, 3.05) is 17.6 Å². The molecule has 1 aromatic heterocycles. The monoisotopic (exact) mass is 276 g/mol. The van der Waals surface area contributed by atoms with E-state index in [9.17, 15) is 0 Å². The predicted molar refractivity (Wildman–Crippen MR) is 83.1 cm³/mol. The third-order valence-electron chi connectivity index (χ3n) is 2.70. The second-order valence-corrected chi connectivity index (χ2v) is 5.67. The highest BCUT2D eigenvalue weighted by Crippen LogP contribution is 2.30. The van der Waals surface area contributed by atoms with Crippen LogP contribution in [0.4, 0.5) is 11.4 Å². The number of nitrogen functional groups attached to an aromatic ring is 1. The largest absolute Gasteiger partial charge is 0.489 e. The van der Waals surface area contributed by atoms with Gasteiger partial charge in [0.1, 0.15) is 5.75 Å². The maximum atomic E-state index is 6.11. The molecule has 2 rings (SSSR count). The first-order chi connectivity index (χ1) is 9.16. The first-order valence-corrected chi connectivity index (χ1v) is 7.36. The van der Waals surface area contributed by atoms with Gasteiger partial charge in [0.2, 0.25) is 0 Å². The van der Waals surface area contributed by atoms with Gasteiger partial charge in [-0.15, -0.1) is 11.3 Å². The van der Waals surface area contributed by atoms with Crippen molar-refractivity contribution >= 4 is 22.7 Å². The summed E-state index contributed by atoms with van der Waals surface area (Å²) in [5.41, 5.74) is 7.73. The molecule has 3 nitrogen and oxygen atoms in total. The van der Waals surface area contributed by atoms with Crippen LogP contribution in [-0.2, 0) is 6.42 Å². The van der Waals surface area contributed by atoms with Gasteiger partial charge in [-0.25, -0.2) is 0 Å². The molecule has 1 heterocycles. The van der Waals surface area contributed by atoms with Crippen molar-refractivity contribution in [1.82, 2.24) is 0 Å². The lowest BCUT2D eigenvalue weighted by atomic mass is 10.2. The zero-order valence-corrected chi connectivity index (χ0v) is 12.2. The van der Waals surface area contributed by atoms with Crippen molar-refractivity contribution < 1.29 is 4.74 Å². The molecule has 2 aromatic rings. The molecule has 1 aromatic carbocycles. The van der Waals surface area contributed by atoms with E-state index in [-0.39, 0.29) is 6.10 Å². The fraction of sp³-hybridized carbons (Fsp3) is 0.333. The quantitative estimate of drug-likeness (QED) is 0.789. The molecule has 0 amide bonds. The number of para-hydroxylation sites is 1. The summed E-state index contributed by atoms with van der Waals surface area (Å²) in [5, 5.41) is 5.46. The van der Waals surface area contributed by atoms with Crippen molar-refractivity contribution in [3.05, 3.63) is 40.6 Å². The highest BCUT2D eigenvalue weighted by Gasteiger charge is 2.07. The Hall–Kier alpha value is -1.68. The molecule has 102 valence electrons. The molecule has 0 saturated heterocycles. The minimum absolute atomic E-state index is 0.128. The van der Waals surface area contributed by atoms with Gasteiger partial charge >= 0.3 is 0 Å². The van der Waals surface area contributed by atoms with Crippen LogP contribution in [0.1, 0.15) is 18.7 Å². The van der Waals surface area contributed by atoms with Crippen LogP contribution in [0.25, 0.3) is 0 Å². The summed E-state index contributed by atoms with van der Waals surface area (Å²) >= 11 is 1.78. The Morgan fingerprint density at radius 2 is 2.11 bits per heavy atom. The van der Waals surface area contributed by atoms with E-state index in [0.29, 0.717) is 5.69 Å². The Balaban J connectivity index is 1.96. The lowest BCUT2D eigenvalue weighted by Crippen LogP contribution is -2.10. The number of anilines is 2. The Morgan fingerprint density at radius 3 is 2.79 bits per heavy atom. The van der Waals surface area contributed by atoms with Gasteiger partial charge < -0.3 is 15.8 Å². The van der Waals surface area contributed by atoms with Crippen molar-refractivity contribution in [2.24, 2.45) is 0 Å². The minimum atomic E-state index is 0.128. The molecule has 0 aliphatic carbocycles. The van der Waals surface area contributed by atoms with Crippen LogP contribution in [-0.4, -0.2) is 12.6 Å². The summed E-state index contributed by atoms with van der Waals surface area (Å²) in [5.74, 6) is 0.746. The maximum absolute atomic E-state index is 6.11. The number of nitrogens with one attached hydrogen (secondary N) is 1. The smallest absolute Gasteiger partial charge is 0.144 e. The van der Waals surface area contributed by atoms with Gasteiger partial charge in [0.25, 0.3) is 0 Å². The summed E-state index contributed by atoms with van der Waals surface area (Å²) in [6.45, 7) is 4.86. The molecule has 19 heavy (non-hydrogen) atoms. The van der Waals surface area contributed by atoms with Crippen LogP contribution in [0.3, 0.4) is 0 Å². The number of hydrogen-bond acceptors (Lipinski definition) is 4. The van der Waals surface area contributed by atoms with Crippen LogP contribution in [0.15, 0.2) is 35.7 Å². The van der Waals surface area contributed by atoms with Gasteiger partial charge in [-0.2, -0.15) is 0 Å². The molecule has 0 aliphatic heterocycles. The molecule has 0 spiro atoms. The SMILES string of the molecule is CC(C)Oc1cccc(NCCc2cccs2)c1N. The fourth-order valence-electron chi connectivity index (χ4n) is 1.83. The predicted octanol–water partition coefficient (Wildman–Crippen LogP) is 3.77. The highest BCUT2D eigenvalue weighted by atomic mass is 32.1. The third-order valence-corrected chi connectivity index (χ3v) is 3.63. The molecule has 0 aliphatic rings. The van der Waals surface area contributed by atoms with Gasteiger partial charge in [0.05, 0.1) is 17.5 Å². The van der Waals surface area contributed by atoms with Gasteiger partial charge in [-0.05, 0) is 43.8 Å². The van der Waals surface area contributed by atoms with Crippen LogP contribution in [0, 0.1) is 0 Å². The van der Waals surface area contributed by atoms with E-state index < -0.39 is 0 Å². The van der Waals surface area contributed by atoms with E-state index >= 15 is 0 Å². The first-order valence-electron chi connectivity index (χ1n) is 6.48. The first kappa shape index (κ1) is 13.7. The van der Waals surface area contributed by atoms with Gasteiger partial charge in [0.15, 0.2) is 0 Å². The molecule has 0 saturated carbocycles. The maximum Gasteiger partial charge on any atom is 0.144 e. The van der Waals surface area contributed by atoms with E-state index in [0.717, 1.165) is 24.4 Å². The molecule has 0 radical (unpaired) electrons. The highest BCUT2D eigenvalue weighted by molar-refractivity contribution is 7.09. The number of nitrogens with two attached hydrogens (primary N) is 1. The molecular weight excluding hydrogens is 256 g/mol. The summed E-state index contributed by atoms with van der Waals surface area (Å²) in [4.78, 5) is 1.38. The standard InChI is InChI=1S/C15H20N2OS/c1-11(2)18-14-7-3-6-13(15(14)16)17-9-8-12-5-4-10-19-12/h3-7,10-11,17H,8-9,16H2,1-2H3. The van der Waals surface area contributed by atoms with Crippen molar-refractivity contribution in [3.8, 4) is 5.75 Å². The summed E-state index contributed by atoms with van der Waals surface area (Å²) in [7, 11) is 0. The topological polar surface area (TPSA) is 47.3 Å². The molecule has 4 heteroatoms. The Kier molecular flexibility index (Phi) is 4.68. The minimum Gasteiger partial charge on any atom is -0.489 e. The zero-order chi connectivity index (χ0) is 13.7. The van der Waals surface area contributed by atoms with Gasteiger partial charge in [-0.3, -0.25) is 0 Å². The van der Waals surface area contributed by atoms with E-state index in [1.807, 2.05) is 32.0 Å². The van der Waals surface area contributed by atoms with Gasteiger partial charge in [-0.1, -0.05) is 12.1 Å². The van der Waals surface area contributed by atoms with Gasteiger partial charge in [0, 0.05) is 11.4 Å². The lowest BCUT2D eigenvalue weighted by Gasteiger charge is -2.15. The Labute approximate surface area is 118 Å². The molecule has 0 unspecified atom stereocenters.